The van der Waals surface area contributed by atoms with Gasteiger partial charge in [0.15, 0.2) is 5.65 Å². The average molecular weight is 321 g/mol. The van der Waals surface area contributed by atoms with Gasteiger partial charge in [-0.05, 0) is 36.4 Å². The zero-order valence-electron chi connectivity index (χ0n) is 12.4. The molecule has 24 heavy (non-hydrogen) atoms. The molecule has 0 saturated carbocycles. The van der Waals surface area contributed by atoms with Crippen molar-refractivity contribution in [3.63, 3.8) is 0 Å². The van der Waals surface area contributed by atoms with Crippen molar-refractivity contribution in [3.8, 4) is 5.69 Å². The second-order valence-electron chi connectivity index (χ2n) is 5.14. The van der Waals surface area contributed by atoms with E-state index in [1.54, 1.807) is 65.8 Å². The van der Waals surface area contributed by atoms with Gasteiger partial charge in [0.05, 0.1) is 11.9 Å². The van der Waals surface area contributed by atoms with E-state index in [9.17, 15) is 9.18 Å². The fourth-order valence-electron chi connectivity index (χ4n) is 2.47. The van der Waals surface area contributed by atoms with E-state index < -0.39 is 11.7 Å². The maximum atomic E-state index is 14.3. The first kappa shape index (κ1) is 14.1. The number of hydrogen-bond acceptors (Lipinski definition) is 3. The predicted octanol–water partition coefficient (Wildman–Crippen LogP) is 2.91. The lowest BCUT2D eigenvalue weighted by Gasteiger charge is -2.09. The number of nitrogens with zero attached hydrogens (tertiary/aromatic N) is 4. The highest BCUT2D eigenvalue weighted by Gasteiger charge is 2.12. The number of benzene rings is 1. The van der Waals surface area contributed by atoms with Crippen LogP contribution in [-0.2, 0) is 0 Å². The lowest BCUT2D eigenvalue weighted by molar-refractivity contribution is 0.102. The molecule has 0 unspecified atom stereocenters. The highest BCUT2D eigenvalue weighted by Crippen LogP contribution is 2.17. The van der Waals surface area contributed by atoms with Gasteiger partial charge >= 0.3 is 0 Å². The second kappa shape index (κ2) is 5.62. The minimum atomic E-state index is -0.474. The summed E-state index contributed by atoms with van der Waals surface area (Å²) in [5.41, 5.74) is 1.22. The van der Waals surface area contributed by atoms with Crippen LogP contribution < -0.4 is 5.32 Å². The molecular formula is C17H12FN5O. The third-order valence-electron chi connectivity index (χ3n) is 3.62. The van der Waals surface area contributed by atoms with Crippen LogP contribution in [-0.4, -0.2) is 25.1 Å². The van der Waals surface area contributed by atoms with Crippen LogP contribution in [0.3, 0.4) is 0 Å². The highest BCUT2D eigenvalue weighted by molar-refractivity contribution is 6.04. The standard InChI is InChI=1S/C17H12FN5O/c18-13-11-12(3-4-14(13)22-9-1-2-10-22)17(24)21-16-5-7-19-15-6-8-20-23(15)16/h1-11H,(H,21,24). The molecule has 0 atom stereocenters. The molecular weight excluding hydrogens is 309 g/mol. The van der Waals surface area contributed by atoms with Crippen molar-refractivity contribution in [1.82, 2.24) is 19.2 Å². The largest absolute Gasteiger partial charge is 0.321 e. The number of carbonyl (C=O) groups is 1. The Balaban J connectivity index is 1.63. The summed E-state index contributed by atoms with van der Waals surface area (Å²) in [5.74, 6) is -0.432. The number of fused-ring (bicyclic) bond motifs is 1. The van der Waals surface area contributed by atoms with E-state index in [0.717, 1.165) is 0 Å². The van der Waals surface area contributed by atoms with E-state index in [0.29, 0.717) is 17.2 Å². The molecule has 1 amide bonds. The van der Waals surface area contributed by atoms with Gasteiger partial charge in [-0.25, -0.2) is 9.37 Å². The number of nitrogens with one attached hydrogen (secondary N) is 1. The molecule has 3 aromatic heterocycles. The lowest BCUT2D eigenvalue weighted by Crippen LogP contribution is -2.15. The molecule has 0 bridgehead atoms. The summed E-state index contributed by atoms with van der Waals surface area (Å²) in [6.07, 6.45) is 6.64. The molecule has 1 aromatic carbocycles. The molecule has 1 N–H and O–H groups in total. The predicted molar refractivity (Wildman–Crippen MR) is 86.7 cm³/mol. The Labute approximate surface area is 136 Å². The summed E-state index contributed by atoms with van der Waals surface area (Å²) in [6, 6.07) is 11.3. The number of anilines is 1. The van der Waals surface area contributed by atoms with Crippen molar-refractivity contribution in [3.05, 3.63) is 78.6 Å². The maximum absolute atomic E-state index is 14.3. The monoisotopic (exact) mass is 321 g/mol. The number of aromatic nitrogens is 4. The van der Waals surface area contributed by atoms with Crippen molar-refractivity contribution in [1.29, 1.82) is 0 Å². The Kier molecular flexibility index (Phi) is 3.31. The summed E-state index contributed by atoms with van der Waals surface area (Å²) >= 11 is 0. The molecule has 3 heterocycles. The molecule has 0 saturated heterocycles. The number of halogens is 1. The van der Waals surface area contributed by atoms with Gasteiger partial charge in [-0.3, -0.25) is 4.79 Å². The molecule has 4 aromatic rings. The van der Waals surface area contributed by atoms with Crippen molar-refractivity contribution in [2.24, 2.45) is 0 Å². The molecule has 0 aliphatic heterocycles. The fraction of sp³-hybridized carbons (Fsp3) is 0. The van der Waals surface area contributed by atoms with E-state index in [2.05, 4.69) is 15.4 Å². The van der Waals surface area contributed by atoms with E-state index >= 15 is 0 Å². The first-order chi connectivity index (χ1) is 11.7. The number of carbonyl (C=O) groups excluding carboxylic acids is 1. The van der Waals surface area contributed by atoms with Crippen molar-refractivity contribution in [2.75, 3.05) is 5.32 Å². The molecule has 6 nitrogen and oxygen atoms in total. The van der Waals surface area contributed by atoms with Crippen LogP contribution in [0.1, 0.15) is 10.4 Å². The first-order valence-corrected chi connectivity index (χ1v) is 7.25. The van der Waals surface area contributed by atoms with Crippen LogP contribution in [0.4, 0.5) is 10.2 Å². The molecule has 7 heteroatoms. The van der Waals surface area contributed by atoms with E-state index in [-0.39, 0.29) is 5.56 Å². The van der Waals surface area contributed by atoms with Crippen molar-refractivity contribution < 1.29 is 9.18 Å². The van der Waals surface area contributed by atoms with Crippen molar-refractivity contribution >= 4 is 17.4 Å². The Morgan fingerprint density at radius 3 is 2.71 bits per heavy atom. The summed E-state index contributed by atoms with van der Waals surface area (Å²) in [7, 11) is 0. The first-order valence-electron chi connectivity index (χ1n) is 7.25. The molecule has 0 radical (unpaired) electrons. The van der Waals surface area contributed by atoms with Gasteiger partial charge in [-0.1, -0.05) is 0 Å². The summed E-state index contributed by atoms with van der Waals surface area (Å²) in [4.78, 5) is 16.5. The Morgan fingerprint density at radius 2 is 1.92 bits per heavy atom. The Bertz CT molecular complexity index is 1020. The highest BCUT2D eigenvalue weighted by atomic mass is 19.1. The molecule has 0 aliphatic carbocycles. The SMILES string of the molecule is O=C(Nc1ccnc2ccnn12)c1ccc(-n2cccc2)c(F)c1. The quantitative estimate of drug-likeness (QED) is 0.631. The smallest absolute Gasteiger partial charge is 0.256 e. The van der Waals surface area contributed by atoms with Gasteiger partial charge in [0, 0.05) is 30.2 Å². The van der Waals surface area contributed by atoms with Crippen LogP contribution in [0.25, 0.3) is 11.3 Å². The maximum Gasteiger partial charge on any atom is 0.256 e. The van der Waals surface area contributed by atoms with E-state index in [1.807, 2.05) is 0 Å². The van der Waals surface area contributed by atoms with Gasteiger partial charge in [0.2, 0.25) is 0 Å². The van der Waals surface area contributed by atoms with Gasteiger partial charge in [0.25, 0.3) is 5.91 Å². The van der Waals surface area contributed by atoms with Crippen LogP contribution in [0, 0.1) is 5.82 Å². The Morgan fingerprint density at radius 1 is 1.08 bits per heavy atom. The zero-order chi connectivity index (χ0) is 16.5. The zero-order valence-corrected chi connectivity index (χ0v) is 12.4. The van der Waals surface area contributed by atoms with Gasteiger partial charge < -0.3 is 9.88 Å². The van der Waals surface area contributed by atoms with Gasteiger partial charge in [0.1, 0.15) is 11.6 Å². The van der Waals surface area contributed by atoms with E-state index in [4.69, 9.17) is 0 Å². The van der Waals surface area contributed by atoms with Crippen LogP contribution in [0.5, 0.6) is 0 Å². The average Bonchev–Trinajstić information content (AvgIpc) is 3.26. The van der Waals surface area contributed by atoms with Gasteiger partial charge in [-0.15, -0.1) is 0 Å². The van der Waals surface area contributed by atoms with Crippen molar-refractivity contribution in [2.45, 2.75) is 0 Å². The molecule has 0 fully saturated rings. The number of amides is 1. The topological polar surface area (TPSA) is 64.2 Å². The molecule has 4 rings (SSSR count). The summed E-state index contributed by atoms with van der Waals surface area (Å²) in [5, 5.41) is 6.81. The second-order valence-corrected chi connectivity index (χ2v) is 5.14. The molecule has 0 spiro atoms. The van der Waals surface area contributed by atoms with Crippen LogP contribution in [0.2, 0.25) is 0 Å². The summed E-state index contributed by atoms with van der Waals surface area (Å²) < 4.78 is 17.4. The van der Waals surface area contributed by atoms with Crippen LogP contribution >= 0.6 is 0 Å². The fourth-order valence-corrected chi connectivity index (χ4v) is 2.47. The van der Waals surface area contributed by atoms with Crippen LogP contribution in [0.15, 0.2) is 67.3 Å². The van der Waals surface area contributed by atoms with E-state index in [1.165, 1.54) is 10.6 Å². The summed E-state index contributed by atoms with van der Waals surface area (Å²) in [6.45, 7) is 0. The number of hydrogen-bond donors (Lipinski definition) is 1. The lowest BCUT2D eigenvalue weighted by atomic mass is 10.2. The third-order valence-corrected chi connectivity index (χ3v) is 3.62. The van der Waals surface area contributed by atoms with Gasteiger partial charge in [-0.2, -0.15) is 9.61 Å². The number of rotatable bonds is 3. The Hall–Kier alpha value is -3.48. The minimum absolute atomic E-state index is 0.223. The molecule has 0 aliphatic rings. The normalized spacial score (nSPS) is 10.9. The molecule has 118 valence electrons. The third kappa shape index (κ3) is 2.41. The minimum Gasteiger partial charge on any atom is -0.321 e.